The lowest BCUT2D eigenvalue weighted by Crippen LogP contribution is -2.05. The van der Waals surface area contributed by atoms with Crippen LogP contribution in [0.1, 0.15) is 33.2 Å². The lowest BCUT2D eigenvalue weighted by atomic mass is 10.0. The van der Waals surface area contributed by atoms with Crippen LogP contribution in [-0.4, -0.2) is 23.3 Å². The van der Waals surface area contributed by atoms with Gasteiger partial charge in [-0.15, -0.1) is 0 Å². The highest BCUT2D eigenvalue weighted by atomic mass is 16.5. The first-order valence-electron chi connectivity index (χ1n) is 7.08. The molecule has 4 heteroatoms. The molecule has 0 fully saturated rings. The van der Waals surface area contributed by atoms with Crippen LogP contribution in [0.5, 0.6) is 0 Å². The van der Waals surface area contributed by atoms with Gasteiger partial charge >= 0.3 is 5.97 Å². The van der Waals surface area contributed by atoms with Gasteiger partial charge < -0.3 is 9.72 Å². The van der Waals surface area contributed by atoms with Crippen molar-refractivity contribution in [3.05, 3.63) is 71.4 Å². The van der Waals surface area contributed by atoms with Gasteiger partial charge in [0.05, 0.1) is 12.2 Å². The molecule has 3 rings (SSSR count). The van der Waals surface area contributed by atoms with Gasteiger partial charge in [-0.25, -0.2) is 4.79 Å². The Balaban J connectivity index is 2.05. The molecule has 0 aliphatic carbocycles. The number of esters is 1. The zero-order valence-corrected chi connectivity index (χ0v) is 12.1. The number of hydrogen-bond acceptors (Lipinski definition) is 3. The van der Waals surface area contributed by atoms with E-state index < -0.39 is 0 Å². The molecule has 0 radical (unpaired) electrons. The molecule has 0 saturated heterocycles. The van der Waals surface area contributed by atoms with Crippen molar-refractivity contribution in [1.29, 1.82) is 0 Å². The Morgan fingerprint density at radius 1 is 1.05 bits per heavy atom. The number of nitrogens with one attached hydrogen (secondary N) is 1. The number of benzene rings is 2. The second kappa shape index (κ2) is 5.85. The van der Waals surface area contributed by atoms with E-state index in [0.717, 1.165) is 10.9 Å². The minimum absolute atomic E-state index is 0.0761. The van der Waals surface area contributed by atoms with E-state index in [1.807, 2.05) is 18.2 Å². The van der Waals surface area contributed by atoms with Crippen LogP contribution >= 0.6 is 0 Å². The number of H-pyrrole nitrogens is 1. The highest BCUT2D eigenvalue weighted by Crippen LogP contribution is 2.23. The van der Waals surface area contributed by atoms with Crippen molar-refractivity contribution in [3.8, 4) is 0 Å². The van der Waals surface area contributed by atoms with Crippen LogP contribution < -0.4 is 0 Å². The number of carbonyl (C=O) groups excluding carboxylic acids is 2. The van der Waals surface area contributed by atoms with E-state index in [1.165, 1.54) is 0 Å². The molecule has 1 heterocycles. The van der Waals surface area contributed by atoms with Crippen molar-refractivity contribution < 1.29 is 14.3 Å². The molecule has 0 unspecified atom stereocenters. The van der Waals surface area contributed by atoms with E-state index >= 15 is 0 Å². The van der Waals surface area contributed by atoms with Gasteiger partial charge in [0.15, 0.2) is 5.78 Å². The molecule has 0 amide bonds. The predicted octanol–water partition coefficient (Wildman–Crippen LogP) is 3.58. The minimum atomic E-state index is -0.385. The van der Waals surface area contributed by atoms with Crippen molar-refractivity contribution in [2.45, 2.75) is 6.92 Å². The summed E-state index contributed by atoms with van der Waals surface area (Å²) < 4.78 is 5.00. The molecule has 0 spiro atoms. The molecule has 0 aliphatic heterocycles. The predicted molar refractivity (Wildman–Crippen MR) is 84.1 cm³/mol. The van der Waals surface area contributed by atoms with Crippen LogP contribution in [0, 0.1) is 0 Å². The fourth-order valence-electron chi connectivity index (χ4n) is 2.39. The molecule has 2 aromatic carbocycles. The van der Waals surface area contributed by atoms with Gasteiger partial charge in [0.25, 0.3) is 0 Å². The Kier molecular flexibility index (Phi) is 3.74. The number of ether oxygens (including phenoxy) is 1. The fraction of sp³-hybridized carbons (Fsp3) is 0.111. The molecule has 110 valence electrons. The van der Waals surface area contributed by atoms with E-state index in [9.17, 15) is 9.59 Å². The van der Waals surface area contributed by atoms with Crippen molar-refractivity contribution in [1.82, 2.24) is 4.98 Å². The molecule has 0 saturated carbocycles. The normalized spacial score (nSPS) is 10.6. The molecule has 0 aliphatic rings. The van der Waals surface area contributed by atoms with E-state index in [0.29, 0.717) is 23.3 Å². The average molecular weight is 293 g/mol. The topological polar surface area (TPSA) is 59.2 Å². The molecule has 22 heavy (non-hydrogen) atoms. The lowest BCUT2D eigenvalue weighted by Gasteiger charge is -2.03. The van der Waals surface area contributed by atoms with Crippen molar-refractivity contribution in [3.63, 3.8) is 0 Å². The number of fused-ring (bicyclic) bond motifs is 1. The molecule has 0 bridgehead atoms. The van der Waals surface area contributed by atoms with Crippen LogP contribution in [0.4, 0.5) is 0 Å². The third-order valence-corrected chi connectivity index (χ3v) is 3.47. The zero-order chi connectivity index (χ0) is 15.5. The van der Waals surface area contributed by atoms with Gasteiger partial charge in [0, 0.05) is 28.2 Å². The number of rotatable bonds is 4. The van der Waals surface area contributed by atoms with Gasteiger partial charge in [-0.2, -0.15) is 0 Å². The van der Waals surface area contributed by atoms with E-state index in [4.69, 9.17) is 4.74 Å². The summed E-state index contributed by atoms with van der Waals surface area (Å²) in [5, 5.41) is 0.722. The first kappa shape index (κ1) is 14.1. The zero-order valence-electron chi connectivity index (χ0n) is 12.1. The maximum absolute atomic E-state index is 12.6. The molecular weight excluding hydrogens is 278 g/mol. The van der Waals surface area contributed by atoms with Gasteiger partial charge in [-0.05, 0) is 25.1 Å². The second-order valence-electron chi connectivity index (χ2n) is 4.88. The summed E-state index contributed by atoms with van der Waals surface area (Å²) in [6.07, 6.45) is 1.68. The van der Waals surface area contributed by atoms with Crippen molar-refractivity contribution >= 4 is 22.7 Å². The number of aromatic amines is 1. The fourth-order valence-corrected chi connectivity index (χ4v) is 2.39. The molecular formula is C18H15NO3. The maximum Gasteiger partial charge on any atom is 0.338 e. The second-order valence-corrected chi connectivity index (χ2v) is 4.88. The third kappa shape index (κ3) is 2.51. The van der Waals surface area contributed by atoms with Gasteiger partial charge in [-0.1, -0.05) is 30.3 Å². The van der Waals surface area contributed by atoms with Crippen LogP contribution in [0.15, 0.2) is 54.7 Å². The molecule has 0 atom stereocenters. The van der Waals surface area contributed by atoms with E-state index in [1.54, 1.807) is 43.5 Å². The Morgan fingerprint density at radius 3 is 2.55 bits per heavy atom. The van der Waals surface area contributed by atoms with E-state index in [-0.39, 0.29) is 11.8 Å². The van der Waals surface area contributed by atoms with Crippen LogP contribution in [-0.2, 0) is 4.74 Å². The summed E-state index contributed by atoms with van der Waals surface area (Å²) in [7, 11) is 0. The maximum atomic E-state index is 12.6. The van der Waals surface area contributed by atoms with Crippen LogP contribution in [0.25, 0.3) is 10.9 Å². The molecule has 1 N–H and O–H groups in total. The Morgan fingerprint density at radius 2 is 1.82 bits per heavy atom. The summed E-state index contributed by atoms with van der Waals surface area (Å²) in [4.78, 5) is 27.5. The third-order valence-electron chi connectivity index (χ3n) is 3.47. The monoisotopic (exact) mass is 293 g/mol. The number of ketones is 1. The summed E-state index contributed by atoms with van der Waals surface area (Å²) in [5.41, 5.74) is 2.42. The van der Waals surface area contributed by atoms with Gasteiger partial charge in [-0.3, -0.25) is 4.79 Å². The first-order valence-corrected chi connectivity index (χ1v) is 7.08. The minimum Gasteiger partial charge on any atom is -0.462 e. The highest BCUT2D eigenvalue weighted by Gasteiger charge is 2.16. The molecule has 3 aromatic rings. The van der Waals surface area contributed by atoms with Crippen molar-refractivity contribution in [2.75, 3.05) is 6.61 Å². The Bertz CT molecular complexity index is 834. The van der Waals surface area contributed by atoms with Gasteiger partial charge in [0.1, 0.15) is 0 Å². The van der Waals surface area contributed by atoms with Gasteiger partial charge in [0.2, 0.25) is 0 Å². The summed E-state index contributed by atoms with van der Waals surface area (Å²) >= 11 is 0. The number of hydrogen-bond donors (Lipinski definition) is 1. The first-order chi connectivity index (χ1) is 10.7. The standard InChI is InChI=1S/C18H15NO3/c1-2-22-18(21)13-8-9-16-14(10-13)15(11-19-16)17(20)12-6-4-3-5-7-12/h3-11,19H,2H2,1H3. The summed E-state index contributed by atoms with van der Waals surface area (Å²) in [6.45, 7) is 2.08. The Labute approximate surface area is 127 Å². The number of carbonyl (C=O) groups is 2. The number of aromatic nitrogens is 1. The smallest absolute Gasteiger partial charge is 0.338 e. The largest absolute Gasteiger partial charge is 0.462 e. The van der Waals surface area contributed by atoms with Crippen LogP contribution in [0.2, 0.25) is 0 Å². The quantitative estimate of drug-likeness (QED) is 0.591. The summed E-state index contributed by atoms with van der Waals surface area (Å²) in [5.74, 6) is -0.462. The highest BCUT2D eigenvalue weighted by molar-refractivity contribution is 6.16. The average Bonchev–Trinajstić information content (AvgIpc) is 2.98. The SMILES string of the molecule is CCOC(=O)c1ccc2[nH]cc(C(=O)c3ccccc3)c2c1. The lowest BCUT2D eigenvalue weighted by molar-refractivity contribution is 0.0526. The van der Waals surface area contributed by atoms with Crippen LogP contribution in [0.3, 0.4) is 0 Å². The molecule has 1 aromatic heterocycles. The van der Waals surface area contributed by atoms with Crippen molar-refractivity contribution in [2.24, 2.45) is 0 Å². The summed E-state index contributed by atoms with van der Waals surface area (Å²) in [6, 6.07) is 14.2. The van der Waals surface area contributed by atoms with E-state index in [2.05, 4.69) is 4.98 Å². The Hall–Kier alpha value is -2.88. The molecule has 4 nitrogen and oxygen atoms in total.